The van der Waals surface area contributed by atoms with Crippen LogP contribution in [0.15, 0.2) is 0 Å². The minimum atomic E-state index is -0.229. The van der Waals surface area contributed by atoms with E-state index in [1.54, 1.807) is 0 Å². The Morgan fingerprint density at radius 2 is 2.06 bits per heavy atom. The normalized spacial score (nSPS) is 31.3. The van der Waals surface area contributed by atoms with E-state index in [0.717, 1.165) is 6.42 Å². The lowest BCUT2D eigenvalue weighted by Crippen LogP contribution is -2.37. The first-order chi connectivity index (χ1) is 7.95. The molecular weight excluding hydrogens is 348 g/mol. The van der Waals surface area contributed by atoms with Crippen molar-refractivity contribution in [2.75, 3.05) is 5.33 Å². The highest BCUT2D eigenvalue weighted by atomic mass is 79.9. The molecule has 0 saturated heterocycles. The zero-order chi connectivity index (χ0) is 13.0. The molecule has 3 unspecified atom stereocenters. The fourth-order valence-corrected chi connectivity index (χ4v) is 2.91. The smallest absolute Gasteiger partial charge is 0.320 e. The van der Waals surface area contributed by atoms with Crippen LogP contribution in [0.4, 0.5) is 0 Å². The molecule has 0 bridgehead atoms. The average molecular weight is 370 g/mol. The summed E-state index contributed by atoms with van der Waals surface area (Å²) in [6, 6.07) is 0. The molecule has 0 aliphatic heterocycles. The quantitative estimate of drug-likeness (QED) is 0.549. The first-order valence-corrected chi connectivity index (χ1v) is 8.40. The fraction of sp³-hybridized carbons (Fsp3) is 0.923. The van der Waals surface area contributed by atoms with Crippen LogP contribution in [-0.4, -0.2) is 22.2 Å². The van der Waals surface area contributed by atoms with E-state index in [2.05, 4.69) is 52.6 Å². The lowest BCUT2D eigenvalue weighted by molar-refractivity contribution is -0.154. The van der Waals surface area contributed by atoms with Crippen molar-refractivity contribution in [2.45, 2.75) is 51.0 Å². The Balaban J connectivity index is 2.60. The average Bonchev–Trinajstić information content (AvgIpc) is 2.27. The summed E-state index contributed by atoms with van der Waals surface area (Å²) in [6.45, 7) is 6.68. The summed E-state index contributed by atoms with van der Waals surface area (Å²) in [5.74, 6) is 1.63. The third-order valence-electron chi connectivity index (χ3n) is 3.62. The van der Waals surface area contributed by atoms with Gasteiger partial charge in [-0.25, -0.2) is 0 Å². The first kappa shape index (κ1) is 15.5. The van der Waals surface area contributed by atoms with Crippen molar-refractivity contribution in [2.24, 2.45) is 17.8 Å². The van der Waals surface area contributed by atoms with Gasteiger partial charge in [0.25, 0.3) is 0 Å². The highest BCUT2D eigenvalue weighted by molar-refractivity contribution is 9.12. The molecule has 1 fully saturated rings. The van der Waals surface area contributed by atoms with Crippen LogP contribution in [0.1, 0.15) is 40.0 Å². The molecule has 4 heteroatoms. The number of alkyl halides is 2. The first-order valence-electron chi connectivity index (χ1n) is 6.36. The van der Waals surface area contributed by atoms with Gasteiger partial charge >= 0.3 is 5.97 Å². The van der Waals surface area contributed by atoms with Crippen molar-refractivity contribution in [1.82, 2.24) is 0 Å². The van der Waals surface area contributed by atoms with Gasteiger partial charge in [-0.05, 0) is 30.6 Å². The summed E-state index contributed by atoms with van der Waals surface area (Å²) in [4.78, 5) is 11.6. The van der Waals surface area contributed by atoms with Gasteiger partial charge in [-0.2, -0.15) is 0 Å². The van der Waals surface area contributed by atoms with Crippen LogP contribution in [0, 0.1) is 17.8 Å². The molecule has 1 saturated carbocycles. The Kier molecular flexibility index (Phi) is 6.49. The van der Waals surface area contributed by atoms with Gasteiger partial charge in [0, 0.05) is 5.33 Å². The minimum Gasteiger partial charge on any atom is -0.461 e. The van der Waals surface area contributed by atoms with Crippen LogP contribution in [0.5, 0.6) is 0 Å². The Morgan fingerprint density at radius 3 is 2.59 bits per heavy atom. The van der Waals surface area contributed by atoms with E-state index in [0.29, 0.717) is 23.1 Å². The van der Waals surface area contributed by atoms with Gasteiger partial charge in [0.1, 0.15) is 10.9 Å². The lowest BCUT2D eigenvalue weighted by atomic mass is 9.75. The van der Waals surface area contributed by atoms with Crippen LogP contribution in [0.2, 0.25) is 0 Å². The van der Waals surface area contributed by atoms with E-state index in [9.17, 15) is 4.79 Å². The highest BCUT2D eigenvalue weighted by Gasteiger charge is 2.34. The van der Waals surface area contributed by atoms with Gasteiger partial charge in [0.2, 0.25) is 0 Å². The Morgan fingerprint density at radius 1 is 1.41 bits per heavy atom. The molecule has 0 aromatic heterocycles. The van der Waals surface area contributed by atoms with E-state index >= 15 is 0 Å². The van der Waals surface area contributed by atoms with E-state index in [1.807, 2.05) is 0 Å². The maximum atomic E-state index is 11.8. The zero-order valence-corrected chi connectivity index (χ0v) is 14.0. The van der Waals surface area contributed by atoms with Gasteiger partial charge in [-0.15, -0.1) is 0 Å². The Hall–Kier alpha value is 0.430. The SMILES string of the molecule is CC1CC[C@@H](C(C)C)C(OC(=O)C(Br)CBr)C1. The van der Waals surface area contributed by atoms with Gasteiger partial charge in [-0.1, -0.05) is 59.1 Å². The summed E-state index contributed by atoms with van der Waals surface area (Å²) in [5, 5.41) is 0.598. The molecule has 0 radical (unpaired) electrons. The minimum absolute atomic E-state index is 0.102. The standard InChI is InChI=1S/C13H22Br2O2/c1-8(2)10-5-4-9(3)6-12(10)17-13(16)11(15)7-14/h8-12H,4-7H2,1-3H3/t9?,10-,11?,12?/m0/s1. The maximum absolute atomic E-state index is 11.8. The molecule has 17 heavy (non-hydrogen) atoms. The van der Waals surface area contributed by atoms with Crippen molar-refractivity contribution in [1.29, 1.82) is 0 Å². The van der Waals surface area contributed by atoms with Gasteiger partial charge in [0.05, 0.1) is 0 Å². The number of hydrogen-bond acceptors (Lipinski definition) is 2. The van der Waals surface area contributed by atoms with Crippen LogP contribution in [0.3, 0.4) is 0 Å². The van der Waals surface area contributed by atoms with Crippen molar-refractivity contribution in [3.63, 3.8) is 0 Å². The second-order valence-electron chi connectivity index (χ2n) is 5.42. The van der Waals surface area contributed by atoms with E-state index < -0.39 is 0 Å². The molecule has 100 valence electrons. The van der Waals surface area contributed by atoms with E-state index in [1.165, 1.54) is 12.8 Å². The van der Waals surface area contributed by atoms with Crippen molar-refractivity contribution in [3.8, 4) is 0 Å². The molecule has 0 heterocycles. The number of hydrogen-bond donors (Lipinski definition) is 0. The van der Waals surface area contributed by atoms with Crippen molar-refractivity contribution in [3.05, 3.63) is 0 Å². The van der Waals surface area contributed by atoms with Gasteiger partial charge in [0.15, 0.2) is 0 Å². The maximum Gasteiger partial charge on any atom is 0.320 e. The van der Waals surface area contributed by atoms with Crippen LogP contribution < -0.4 is 0 Å². The molecule has 2 nitrogen and oxygen atoms in total. The molecule has 1 aliphatic carbocycles. The number of ether oxygens (including phenoxy) is 1. The molecule has 4 atom stereocenters. The largest absolute Gasteiger partial charge is 0.461 e. The summed E-state index contributed by atoms with van der Waals surface area (Å²) in [7, 11) is 0. The summed E-state index contributed by atoms with van der Waals surface area (Å²) >= 11 is 6.61. The molecule has 0 N–H and O–H groups in total. The summed E-state index contributed by atoms with van der Waals surface area (Å²) < 4.78 is 5.67. The van der Waals surface area contributed by atoms with E-state index in [-0.39, 0.29) is 16.9 Å². The monoisotopic (exact) mass is 368 g/mol. The second kappa shape index (κ2) is 7.13. The zero-order valence-electron chi connectivity index (χ0n) is 10.8. The summed E-state index contributed by atoms with van der Waals surface area (Å²) in [5.41, 5.74) is 0. The Labute approximate surface area is 121 Å². The van der Waals surface area contributed by atoms with Gasteiger partial charge in [-0.3, -0.25) is 4.79 Å². The van der Waals surface area contributed by atoms with Gasteiger partial charge < -0.3 is 4.74 Å². The van der Waals surface area contributed by atoms with Crippen LogP contribution in [0.25, 0.3) is 0 Å². The predicted octanol–water partition coefficient (Wildman–Crippen LogP) is 4.15. The van der Waals surface area contributed by atoms with Crippen LogP contribution >= 0.6 is 31.9 Å². The lowest BCUT2D eigenvalue weighted by Gasteiger charge is -2.37. The molecule has 0 aromatic rings. The second-order valence-corrected chi connectivity index (χ2v) is 7.18. The summed E-state index contributed by atoms with van der Waals surface area (Å²) in [6.07, 6.45) is 3.55. The Bertz CT molecular complexity index is 256. The molecule has 0 aromatic carbocycles. The third-order valence-corrected chi connectivity index (χ3v) is 5.83. The molecule has 1 aliphatic rings. The highest BCUT2D eigenvalue weighted by Crippen LogP contribution is 2.35. The van der Waals surface area contributed by atoms with Crippen molar-refractivity contribution < 1.29 is 9.53 Å². The number of halogens is 2. The predicted molar refractivity (Wildman–Crippen MR) is 77.7 cm³/mol. The van der Waals surface area contributed by atoms with Crippen molar-refractivity contribution >= 4 is 37.8 Å². The molecule has 0 spiro atoms. The molecule has 1 rings (SSSR count). The third kappa shape index (κ3) is 4.55. The number of rotatable bonds is 4. The topological polar surface area (TPSA) is 26.3 Å². The number of esters is 1. The molecular formula is C13H22Br2O2. The molecule has 0 amide bonds. The van der Waals surface area contributed by atoms with E-state index in [4.69, 9.17) is 4.74 Å². The fourth-order valence-electron chi connectivity index (χ4n) is 2.54. The van der Waals surface area contributed by atoms with Crippen LogP contribution in [-0.2, 0) is 9.53 Å². The number of carbonyl (C=O) groups excluding carboxylic acids is 1. The number of carbonyl (C=O) groups is 1.